The minimum atomic E-state index is 0.00191. The summed E-state index contributed by atoms with van der Waals surface area (Å²) in [5.74, 6) is 0.00191. The maximum absolute atomic E-state index is 11.8. The van der Waals surface area contributed by atoms with Crippen molar-refractivity contribution in [3.05, 3.63) is 46.3 Å². The molecule has 4 heteroatoms. The van der Waals surface area contributed by atoms with Crippen molar-refractivity contribution >= 4 is 28.8 Å². The molecule has 0 radical (unpaired) electrons. The summed E-state index contributed by atoms with van der Waals surface area (Å²) < 4.78 is 0. The molecule has 0 unspecified atom stereocenters. The highest BCUT2D eigenvalue weighted by Crippen LogP contribution is 2.28. The molecule has 0 saturated heterocycles. The van der Waals surface area contributed by atoms with Gasteiger partial charge in [-0.3, -0.25) is 4.79 Å². The molecule has 0 saturated carbocycles. The van der Waals surface area contributed by atoms with Crippen LogP contribution in [0.3, 0.4) is 0 Å². The minimum Gasteiger partial charge on any atom is -0.351 e. The van der Waals surface area contributed by atoms with Crippen LogP contribution in [0.2, 0.25) is 5.02 Å². The second-order valence-corrected chi connectivity index (χ2v) is 5.45. The summed E-state index contributed by atoms with van der Waals surface area (Å²) in [6.07, 6.45) is 0.946. The summed E-state index contributed by atoms with van der Waals surface area (Å²) in [6.45, 7) is 2.75. The van der Waals surface area contributed by atoms with Crippen LogP contribution in [0.25, 0.3) is 10.4 Å². The van der Waals surface area contributed by atoms with Gasteiger partial charge < -0.3 is 5.32 Å². The van der Waals surface area contributed by atoms with E-state index in [2.05, 4.69) is 5.32 Å². The number of amides is 1. The van der Waals surface area contributed by atoms with Crippen molar-refractivity contribution in [2.45, 2.75) is 13.3 Å². The summed E-state index contributed by atoms with van der Waals surface area (Å²) in [5.41, 5.74) is 1.08. The topological polar surface area (TPSA) is 29.1 Å². The van der Waals surface area contributed by atoms with Gasteiger partial charge in [0.15, 0.2) is 0 Å². The predicted molar refractivity (Wildman–Crippen MR) is 77.4 cm³/mol. The molecule has 0 aliphatic carbocycles. The lowest BCUT2D eigenvalue weighted by Crippen LogP contribution is -2.22. The van der Waals surface area contributed by atoms with Crippen LogP contribution in [0.1, 0.15) is 23.0 Å². The molecule has 2 nitrogen and oxygen atoms in total. The first kappa shape index (κ1) is 13.1. The van der Waals surface area contributed by atoms with Gasteiger partial charge in [-0.15, -0.1) is 11.3 Å². The van der Waals surface area contributed by atoms with Crippen molar-refractivity contribution in [3.63, 3.8) is 0 Å². The highest BCUT2D eigenvalue weighted by atomic mass is 35.5. The maximum atomic E-state index is 11.8. The zero-order chi connectivity index (χ0) is 13.0. The van der Waals surface area contributed by atoms with Gasteiger partial charge in [-0.2, -0.15) is 0 Å². The molecule has 1 amide bonds. The summed E-state index contributed by atoms with van der Waals surface area (Å²) >= 11 is 7.35. The van der Waals surface area contributed by atoms with E-state index in [9.17, 15) is 4.79 Å². The van der Waals surface area contributed by atoms with Gasteiger partial charge in [-0.05, 0) is 36.2 Å². The van der Waals surface area contributed by atoms with Crippen LogP contribution in [0.15, 0.2) is 36.4 Å². The quantitative estimate of drug-likeness (QED) is 0.892. The first-order chi connectivity index (χ1) is 8.70. The van der Waals surface area contributed by atoms with E-state index < -0.39 is 0 Å². The third-order valence-corrected chi connectivity index (χ3v) is 3.88. The van der Waals surface area contributed by atoms with Gasteiger partial charge in [0.05, 0.1) is 4.88 Å². The Balaban J connectivity index is 2.15. The van der Waals surface area contributed by atoms with Crippen LogP contribution >= 0.6 is 22.9 Å². The fourth-order valence-electron chi connectivity index (χ4n) is 1.55. The third-order valence-electron chi connectivity index (χ3n) is 2.49. The number of hydrogen-bond donors (Lipinski definition) is 1. The Morgan fingerprint density at radius 3 is 2.61 bits per heavy atom. The SMILES string of the molecule is CCCNC(=O)c1ccc(-c2ccc(Cl)cc2)s1. The lowest BCUT2D eigenvalue weighted by molar-refractivity contribution is 0.0957. The van der Waals surface area contributed by atoms with Crippen molar-refractivity contribution in [1.82, 2.24) is 5.32 Å². The second-order valence-electron chi connectivity index (χ2n) is 3.93. The molecular formula is C14H14ClNOS. The van der Waals surface area contributed by atoms with Gasteiger partial charge in [0, 0.05) is 16.4 Å². The summed E-state index contributed by atoms with van der Waals surface area (Å²) in [5, 5.41) is 3.59. The van der Waals surface area contributed by atoms with Gasteiger partial charge in [0.2, 0.25) is 0 Å². The molecule has 0 fully saturated rings. The second kappa shape index (κ2) is 6.03. The smallest absolute Gasteiger partial charge is 0.261 e. The molecule has 0 spiro atoms. The van der Waals surface area contributed by atoms with E-state index in [0.29, 0.717) is 6.54 Å². The maximum Gasteiger partial charge on any atom is 0.261 e. The number of benzene rings is 1. The first-order valence-electron chi connectivity index (χ1n) is 5.84. The lowest BCUT2D eigenvalue weighted by atomic mass is 10.2. The lowest BCUT2D eigenvalue weighted by Gasteiger charge is -2.00. The van der Waals surface area contributed by atoms with E-state index in [4.69, 9.17) is 11.6 Å². The predicted octanol–water partition coefficient (Wildman–Crippen LogP) is 4.21. The minimum absolute atomic E-state index is 0.00191. The molecule has 0 atom stereocenters. The molecule has 1 aromatic carbocycles. The standard InChI is InChI=1S/C14H14ClNOS/c1-2-9-16-14(17)13-8-7-12(18-13)10-3-5-11(15)6-4-10/h3-8H,2,9H2,1H3,(H,16,17). The van der Waals surface area contributed by atoms with Crippen LogP contribution in [0, 0.1) is 0 Å². The summed E-state index contributed by atoms with van der Waals surface area (Å²) in [6, 6.07) is 11.5. The Kier molecular flexibility index (Phi) is 4.39. The van der Waals surface area contributed by atoms with E-state index >= 15 is 0 Å². The molecule has 1 heterocycles. The van der Waals surface area contributed by atoms with Crippen molar-refractivity contribution in [2.24, 2.45) is 0 Å². The van der Waals surface area contributed by atoms with Crippen molar-refractivity contribution in [2.75, 3.05) is 6.54 Å². The third kappa shape index (κ3) is 3.12. The number of nitrogens with one attached hydrogen (secondary N) is 1. The van der Waals surface area contributed by atoms with E-state index in [1.165, 1.54) is 11.3 Å². The highest BCUT2D eigenvalue weighted by Gasteiger charge is 2.09. The number of carbonyl (C=O) groups excluding carboxylic acids is 1. The average molecular weight is 280 g/mol. The van der Waals surface area contributed by atoms with Crippen LogP contribution in [-0.2, 0) is 0 Å². The molecule has 1 aromatic heterocycles. The highest BCUT2D eigenvalue weighted by molar-refractivity contribution is 7.17. The summed E-state index contributed by atoms with van der Waals surface area (Å²) in [7, 11) is 0. The molecule has 0 aliphatic rings. The van der Waals surface area contributed by atoms with Gasteiger partial charge in [0.1, 0.15) is 0 Å². The molecule has 94 valence electrons. The van der Waals surface area contributed by atoms with E-state index in [-0.39, 0.29) is 5.91 Å². The average Bonchev–Trinajstić information content (AvgIpc) is 2.86. The van der Waals surface area contributed by atoms with Crippen LogP contribution in [0.5, 0.6) is 0 Å². The monoisotopic (exact) mass is 279 g/mol. The van der Waals surface area contributed by atoms with Crippen molar-refractivity contribution in [1.29, 1.82) is 0 Å². The zero-order valence-corrected chi connectivity index (χ0v) is 11.6. The molecule has 0 aliphatic heterocycles. The van der Waals surface area contributed by atoms with Gasteiger partial charge in [0.25, 0.3) is 5.91 Å². The fraction of sp³-hybridized carbons (Fsp3) is 0.214. The number of rotatable bonds is 4. The van der Waals surface area contributed by atoms with Gasteiger partial charge in [-0.25, -0.2) is 0 Å². The molecule has 2 rings (SSSR count). The number of thiophene rings is 1. The normalized spacial score (nSPS) is 10.3. The van der Waals surface area contributed by atoms with Gasteiger partial charge >= 0.3 is 0 Å². The molecular weight excluding hydrogens is 266 g/mol. The zero-order valence-electron chi connectivity index (χ0n) is 10.1. The number of halogens is 1. The van der Waals surface area contributed by atoms with E-state index in [1.54, 1.807) is 0 Å². The van der Waals surface area contributed by atoms with Crippen molar-refractivity contribution in [3.8, 4) is 10.4 Å². The molecule has 18 heavy (non-hydrogen) atoms. The van der Waals surface area contributed by atoms with Gasteiger partial charge in [-0.1, -0.05) is 30.7 Å². The Morgan fingerprint density at radius 1 is 1.22 bits per heavy atom. The molecule has 0 bridgehead atoms. The fourth-order valence-corrected chi connectivity index (χ4v) is 2.61. The van der Waals surface area contributed by atoms with Crippen LogP contribution in [-0.4, -0.2) is 12.5 Å². The van der Waals surface area contributed by atoms with Crippen LogP contribution in [0.4, 0.5) is 0 Å². The molecule has 2 aromatic rings. The van der Waals surface area contributed by atoms with Crippen molar-refractivity contribution < 1.29 is 4.79 Å². The number of carbonyl (C=O) groups is 1. The Hall–Kier alpha value is -1.32. The van der Waals surface area contributed by atoms with E-state index in [0.717, 1.165) is 26.8 Å². The van der Waals surface area contributed by atoms with E-state index in [1.807, 2.05) is 43.3 Å². The molecule has 1 N–H and O–H groups in total. The Bertz CT molecular complexity index is 533. The largest absolute Gasteiger partial charge is 0.351 e. The summed E-state index contributed by atoms with van der Waals surface area (Å²) in [4.78, 5) is 13.6. The van der Waals surface area contributed by atoms with Crippen LogP contribution < -0.4 is 5.32 Å². The Labute approximate surface area is 116 Å². The number of hydrogen-bond acceptors (Lipinski definition) is 2. The first-order valence-corrected chi connectivity index (χ1v) is 7.04. The Morgan fingerprint density at radius 2 is 1.94 bits per heavy atom.